The van der Waals surface area contributed by atoms with Gasteiger partial charge in [0.05, 0.1) is 41.0 Å². The van der Waals surface area contributed by atoms with Crippen molar-refractivity contribution in [2.75, 3.05) is 31.3 Å². The highest BCUT2D eigenvalue weighted by Crippen LogP contribution is 2.45. The standard InChI is InChI=1S/C34H29F2N5O7S/c1-17(35)46-29-11-8-18(15-38-29)33-31(34(43)37-2)21-12-20(25(14-28(21)48-33)40(3)49(4,44)45)23-9-10-27-32(39-23)26-13-19-22(36)6-5-7-24(19)41(26)30(16-42)47-27/h5-15,17,30,42H,16H2,1-4H3,(H,37,43). The van der Waals surface area contributed by atoms with E-state index in [2.05, 4.69) is 10.3 Å². The number of anilines is 1. The van der Waals surface area contributed by atoms with Gasteiger partial charge < -0.3 is 28.9 Å². The normalized spacial score (nSPS) is 14.6. The number of amides is 1. The molecule has 7 rings (SSSR count). The zero-order valence-electron chi connectivity index (χ0n) is 26.6. The minimum Gasteiger partial charge on any atom is -0.465 e. The Bertz CT molecular complexity index is 2390. The summed E-state index contributed by atoms with van der Waals surface area (Å²) in [6.07, 6.45) is -0.000571. The van der Waals surface area contributed by atoms with E-state index < -0.39 is 34.3 Å². The molecule has 0 aliphatic carbocycles. The van der Waals surface area contributed by atoms with Crippen molar-refractivity contribution in [3.8, 4) is 45.6 Å². The molecule has 1 aliphatic rings. The number of aromatic nitrogens is 3. The van der Waals surface area contributed by atoms with Crippen molar-refractivity contribution >= 4 is 43.5 Å². The molecular weight excluding hydrogens is 660 g/mol. The molecule has 0 saturated heterocycles. The molecule has 0 spiro atoms. The second-order valence-corrected chi connectivity index (χ2v) is 13.4. The molecule has 15 heteroatoms. The number of carbonyl (C=O) groups excluding carboxylic acids is 1. The third-order valence-corrected chi connectivity index (χ3v) is 9.48. The summed E-state index contributed by atoms with van der Waals surface area (Å²) >= 11 is 0. The Balaban J connectivity index is 1.46. The number of fused-ring (bicyclic) bond motifs is 6. The first kappa shape index (κ1) is 32.0. The summed E-state index contributed by atoms with van der Waals surface area (Å²) in [7, 11) is -0.972. The van der Waals surface area contributed by atoms with E-state index in [1.54, 1.807) is 47.0 Å². The summed E-state index contributed by atoms with van der Waals surface area (Å²) < 4.78 is 74.0. The number of ether oxygens (including phenoxy) is 2. The molecule has 1 aliphatic heterocycles. The second-order valence-electron chi connectivity index (χ2n) is 11.4. The number of nitrogens with zero attached hydrogens (tertiary/aromatic N) is 4. The number of halogens is 2. The van der Waals surface area contributed by atoms with E-state index in [1.165, 1.54) is 45.4 Å². The van der Waals surface area contributed by atoms with Gasteiger partial charge in [-0.1, -0.05) is 6.07 Å². The zero-order valence-corrected chi connectivity index (χ0v) is 27.4. The molecule has 0 radical (unpaired) electrons. The fourth-order valence-corrected chi connectivity index (χ4v) is 6.49. The molecule has 1 amide bonds. The van der Waals surface area contributed by atoms with Gasteiger partial charge in [-0.25, -0.2) is 27.2 Å². The third kappa shape index (κ3) is 5.40. The summed E-state index contributed by atoms with van der Waals surface area (Å²) in [6, 6.07) is 15.6. The van der Waals surface area contributed by atoms with Crippen LogP contribution in [0.1, 0.15) is 23.5 Å². The predicted octanol–water partition coefficient (Wildman–Crippen LogP) is 5.65. The molecule has 0 fully saturated rings. The highest BCUT2D eigenvalue weighted by atomic mass is 32.2. The molecule has 12 nitrogen and oxygen atoms in total. The fraction of sp³-hybridized carbons (Fsp3) is 0.206. The number of pyridine rings is 2. The molecule has 252 valence electrons. The number of alkyl halides is 1. The van der Waals surface area contributed by atoms with Crippen LogP contribution in [0.4, 0.5) is 14.5 Å². The Labute approximate surface area is 278 Å². The van der Waals surface area contributed by atoms with E-state index in [-0.39, 0.29) is 35.1 Å². The molecule has 2 aromatic carbocycles. The highest BCUT2D eigenvalue weighted by molar-refractivity contribution is 7.92. The molecule has 2 unspecified atom stereocenters. The lowest BCUT2D eigenvalue weighted by atomic mass is 10.0. The van der Waals surface area contributed by atoms with Gasteiger partial charge in [-0.15, -0.1) is 0 Å². The number of benzene rings is 2. The Morgan fingerprint density at radius 2 is 1.96 bits per heavy atom. The molecule has 49 heavy (non-hydrogen) atoms. The number of sulfonamides is 1. The Morgan fingerprint density at radius 3 is 2.63 bits per heavy atom. The Morgan fingerprint density at radius 1 is 1.16 bits per heavy atom. The largest absolute Gasteiger partial charge is 0.465 e. The maximum absolute atomic E-state index is 14.9. The van der Waals surface area contributed by atoms with Crippen LogP contribution < -0.4 is 19.1 Å². The lowest BCUT2D eigenvalue weighted by molar-refractivity contribution is 0.0609. The molecule has 5 heterocycles. The van der Waals surface area contributed by atoms with Crippen molar-refractivity contribution in [1.82, 2.24) is 19.9 Å². The van der Waals surface area contributed by atoms with Gasteiger partial charge in [0.1, 0.15) is 28.6 Å². The predicted molar refractivity (Wildman–Crippen MR) is 178 cm³/mol. The summed E-state index contributed by atoms with van der Waals surface area (Å²) in [6.45, 7) is 0.830. The monoisotopic (exact) mass is 689 g/mol. The van der Waals surface area contributed by atoms with Gasteiger partial charge in [0.15, 0.2) is 6.23 Å². The lowest BCUT2D eigenvalue weighted by Crippen LogP contribution is -2.26. The molecule has 6 aromatic rings. The van der Waals surface area contributed by atoms with E-state index in [0.29, 0.717) is 50.2 Å². The van der Waals surface area contributed by atoms with Gasteiger partial charge in [0.25, 0.3) is 5.91 Å². The van der Waals surface area contributed by atoms with Crippen LogP contribution in [0.5, 0.6) is 11.6 Å². The maximum Gasteiger partial charge on any atom is 0.255 e. The molecule has 2 atom stereocenters. The van der Waals surface area contributed by atoms with Crippen molar-refractivity contribution in [3.63, 3.8) is 0 Å². The number of hydrogen-bond donors (Lipinski definition) is 2. The summed E-state index contributed by atoms with van der Waals surface area (Å²) in [4.78, 5) is 22.4. The quantitative estimate of drug-likeness (QED) is 0.207. The van der Waals surface area contributed by atoms with Gasteiger partial charge >= 0.3 is 0 Å². The van der Waals surface area contributed by atoms with E-state index in [0.717, 1.165) is 10.6 Å². The van der Waals surface area contributed by atoms with Crippen LogP contribution >= 0.6 is 0 Å². The van der Waals surface area contributed by atoms with Crippen LogP contribution in [0.2, 0.25) is 0 Å². The van der Waals surface area contributed by atoms with Crippen LogP contribution in [-0.4, -0.2) is 67.3 Å². The van der Waals surface area contributed by atoms with Crippen LogP contribution in [0.3, 0.4) is 0 Å². The van der Waals surface area contributed by atoms with Crippen molar-refractivity contribution in [2.24, 2.45) is 0 Å². The average Bonchev–Trinajstić information content (AvgIpc) is 3.66. The van der Waals surface area contributed by atoms with Crippen molar-refractivity contribution in [2.45, 2.75) is 19.5 Å². The van der Waals surface area contributed by atoms with E-state index in [1.807, 2.05) is 0 Å². The second kappa shape index (κ2) is 11.9. The molecule has 2 N–H and O–H groups in total. The molecule has 0 saturated carbocycles. The SMILES string of the molecule is CNC(=O)c1c(-c2ccc(OC(C)F)nc2)oc2cc(N(C)S(C)(=O)=O)c(-c3ccc4c(n3)-c3cc5c(F)cccc5n3C(CO)O4)cc12. The number of carbonyl (C=O) groups is 1. The van der Waals surface area contributed by atoms with Crippen LogP contribution in [-0.2, 0) is 10.0 Å². The zero-order chi connectivity index (χ0) is 34.8. The number of aliphatic hydroxyl groups is 1. The first-order chi connectivity index (χ1) is 23.4. The number of nitrogens with one attached hydrogen (secondary N) is 1. The molecular formula is C34H29F2N5O7S. The maximum atomic E-state index is 14.9. The highest BCUT2D eigenvalue weighted by Gasteiger charge is 2.31. The topological polar surface area (TPSA) is 149 Å². The number of rotatable bonds is 8. The summed E-state index contributed by atoms with van der Waals surface area (Å²) in [5.74, 6) is -0.444. The molecule has 0 bridgehead atoms. The van der Waals surface area contributed by atoms with Gasteiger partial charge in [-0.2, -0.15) is 0 Å². The van der Waals surface area contributed by atoms with E-state index in [9.17, 15) is 27.1 Å². The van der Waals surface area contributed by atoms with E-state index >= 15 is 0 Å². The van der Waals surface area contributed by atoms with Gasteiger partial charge in [-0.05, 0) is 42.5 Å². The smallest absolute Gasteiger partial charge is 0.255 e. The number of aliphatic hydroxyl groups excluding tert-OH is 1. The molecule has 4 aromatic heterocycles. The first-order valence-electron chi connectivity index (χ1n) is 15.0. The first-order valence-corrected chi connectivity index (χ1v) is 16.9. The summed E-state index contributed by atoms with van der Waals surface area (Å²) in [5.41, 5.74) is 2.88. The van der Waals surface area contributed by atoms with Crippen molar-refractivity contribution < 1.29 is 41.0 Å². The lowest BCUT2D eigenvalue weighted by Gasteiger charge is -2.28. The van der Waals surface area contributed by atoms with Crippen molar-refractivity contribution in [3.05, 3.63) is 78.2 Å². The summed E-state index contributed by atoms with van der Waals surface area (Å²) in [5, 5.41) is 13.4. The van der Waals surface area contributed by atoms with Gasteiger partial charge in [-0.3, -0.25) is 9.10 Å². The Hall–Kier alpha value is -5.54. The van der Waals surface area contributed by atoms with Crippen LogP contribution in [0.15, 0.2) is 71.3 Å². The number of furan rings is 1. The Kier molecular flexibility index (Phi) is 7.75. The minimum absolute atomic E-state index is 0.0326. The minimum atomic E-state index is -3.81. The van der Waals surface area contributed by atoms with Gasteiger partial charge in [0.2, 0.25) is 22.3 Å². The van der Waals surface area contributed by atoms with Crippen LogP contribution in [0, 0.1) is 5.82 Å². The number of hydrogen-bond acceptors (Lipinski definition) is 9. The third-order valence-electron chi connectivity index (χ3n) is 8.29. The van der Waals surface area contributed by atoms with Gasteiger partial charge in [0, 0.05) is 61.2 Å². The van der Waals surface area contributed by atoms with E-state index in [4.69, 9.17) is 18.9 Å². The fourth-order valence-electron chi connectivity index (χ4n) is 5.98. The average molecular weight is 690 g/mol. The van der Waals surface area contributed by atoms with Crippen LogP contribution in [0.25, 0.3) is 55.8 Å². The van der Waals surface area contributed by atoms with Crippen molar-refractivity contribution in [1.29, 1.82) is 0 Å².